The lowest BCUT2D eigenvalue weighted by atomic mass is 9.85. The molecule has 0 atom stereocenters. The van der Waals surface area contributed by atoms with Crippen molar-refractivity contribution in [1.29, 1.82) is 5.26 Å². The van der Waals surface area contributed by atoms with Crippen LogP contribution in [-0.4, -0.2) is 46.1 Å². The molecule has 25 heavy (non-hydrogen) atoms. The number of nitrogens with one attached hydrogen (secondary N) is 1. The highest BCUT2D eigenvalue weighted by atomic mass is 16.4. The van der Waals surface area contributed by atoms with E-state index in [1.807, 2.05) is 6.07 Å². The van der Waals surface area contributed by atoms with Crippen LogP contribution in [0.15, 0.2) is 6.07 Å². The third kappa shape index (κ3) is 3.62. The smallest absolute Gasteiger partial charge is 0.317 e. The van der Waals surface area contributed by atoms with E-state index in [0.717, 1.165) is 44.3 Å². The Morgan fingerprint density at radius 3 is 2.88 bits per heavy atom. The quantitative estimate of drug-likeness (QED) is 0.791. The van der Waals surface area contributed by atoms with E-state index >= 15 is 0 Å². The summed E-state index contributed by atoms with van der Waals surface area (Å²) < 4.78 is 0. The zero-order chi connectivity index (χ0) is 17.4. The summed E-state index contributed by atoms with van der Waals surface area (Å²) in [5.41, 5.74) is 2.97. The lowest BCUT2D eigenvalue weighted by Crippen LogP contribution is -2.52. The van der Waals surface area contributed by atoms with Gasteiger partial charge in [-0.2, -0.15) is 5.26 Å². The number of aliphatic carboxylic acids is 1. The molecule has 6 heteroatoms. The van der Waals surface area contributed by atoms with Gasteiger partial charge in [-0.15, -0.1) is 0 Å². The van der Waals surface area contributed by atoms with E-state index in [-0.39, 0.29) is 12.6 Å². The fourth-order valence-electron chi connectivity index (χ4n) is 4.01. The number of rotatable bonds is 7. The summed E-state index contributed by atoms with van der Waals surface area (Å²) in [6, 6.07) is 4.85. The van der Waals surface area contributed by atoms with Crippen molar-refractivity contribution in [1.82, 2.24) is 9.88 Å². The van der Waals surface area contributed by atoms with Crippen molar-refractivity contribution in [3.05, 3.63) is 22.9 Å². The number of nitrogens with zero attached hydrogens (tertiary/aromatic N) is 3. The van der Waals surface area contributed by atoms with Crippen LogP contribution in [-0.2, 0) is 17.6 Å². The van der Waals surface area contributed by atoms with Crippen LogP contribution in [0.3, 0.4) is 0 Å². The van der Waals surface area contributed by atoms with Crippen LogP contribution in [0.4, 0.5) is 5.82 Å². The van der Waals surface area contributed by atoms with Crippen molar-refractivity contribution in [3.8, 4) is 6.07 Å². The predicted octanol–water partition coefficient (Wildman–Crippen LogP) is 2.18. The van der Waals surface area contributed by atoms with Gasteiger partial charge in [-0.1, -0.05) is 0 Å². The molecule has 0 unspecified atom stereocenters. The monoisotopic (exact) mass is 340 g/mol. The number of aryl methyl sites for hydroxylation is 2. The van der Waals surface area contributed by atoms with E-state index in [2.05, 4.69) is 21.3 Å². The fourth-order valence-corrected chi connectivity index (χ4v) is 4.01. The molecule has 0 spiro atoms. The number of fused-ring (bicyclic) bond motifs is 1. The van der Waals surface area contributed by atoms with E-state index in [4.69, 9.17) is 5.11 Å². The molecule has 4 rings (SSSR count). The van der Waals surface area contributed by atoms with Gasteiger partial charge in [-0.3, -0.25) is 9.69 Å². The zero-order valence-electron chi connectivity index (χ0n) is 14.4. The number of carbonyl (C=O) groups is 1. The van der Waals surface area contributed by atoms with Gasteiger partial charge in [0, 0.05) is 24.3 Å². The van der Waals surface area contributed by atoms with Gasteiger partial charge in [0.1, 0.15) is 11.9 Å². The van der Waals surface area contributed by atoms with Crippen LogP contribution in [0.25, 0.3) is 0 Å². The molecule has 2 fully saturated rings. The van der Waals surface area contributed by atoms with E-state index in [9.17, 15) is 10.1 Å². The Hall–Kier alpha value is -2.13. The molecule has 0 aromatic carbocycles. The molecule has 3 aliphatic carbocycles. The Kier molecular flexibility index (Phi) is 4.34. The van der Waals surface area contributed by atoms with Crippen molar-refractivity contribution in [2.24, 2.45) is 5.92 Å². The minimum atomic E-state index is -0.746. The van der Waals surface area contributed by atoms with Gasteiger partial charge in [0.25, 0.3) is 0 Å². The molecule has 2 N–H and O–H groups in total. The molecular weight excluding hydrogens is 316 g/mol. The molecule has 2 saturated carbocycles. The van der Waals surface area contributed by atoms with Gasteiger partial charge >= 0.3 is 5.97 Å². The molecule has 0 radical (unpaired) electrons. The maximum atomic E-state index is 11.1. The number of aromatic nitrogens is 1. The molecular formula is C19H24N4O2. The molecule has 0 bridgehead atoms. The Morgan fingerprint density at radius 1 is 1.40 bits per heavy atom. The molecule has 0 amide bonds. The zero-order valence-corrected chi connectivity index (χ0v) is 14.4. The van der Waals surface area contributed by atoms with Gasteiger partial charge in [-0.05, 0) is 62.5 Å². The summed E-state index contributed by atoms with van der Waals surface area (Å²) in [7, 11) is 0. The highest BCUT2D eigenvalue weighted by Crippen LogP contribution is 2.35. The van der Waals surface area contributed by atoms with Crippen molar-refractivity contribution >= 4 is 11.8 Å². The standard InChI is InChI=1S/C19H24N4O2/c20-9-14-6-13-2-1-3-17(13)22-19(14)21-15-7-16(8-15)23(11-18(24)25)10-12-4-5-12/h6,12,15-16H,1-5,7-8,10-11H2,(H,21,22)(H,24,25). The first-order valence-corrected chi connectivity index (χ1v) is 9.27. The highest BCUT2D eigenvalue weighted by Gasteiger charge is 2.37. The van der Waals surface area contributed by atoms with Gasteiger partial charge in [0.2, 0.25) is 0 Å². The summed E-state index contributed by atoms with van der Waals surface area (Å²) in [6.45, 7) is 1.04. The van der Waals surface area contributed by atoms with Crippen LogP contribution in [0.1, 0.15) is 48.9 Å². The number of carboxylic acid groups (broad SMARTS) is 1. The first-order chi connectivity index (χ1) is 12.1. The van der Waals surface area contributed by atoms with E-state index in [1.165, 1.54) is 18.4 Å². The Morgan fingerprint density at radius 2 is 2.20 bits per heavy atom. The van der Waals surface area contributed by atoms with Crippen LogP contribution in [0, 0.1) is 17.2 Å². The maximum absolute atomic E-state index is 11.1. The van der Waals surface area contributed by atoms with Crippen LogP contribution in [0.5, 0.6) is 0 Å². The maximum Gasteiger partial charge on any atom is 0.317 e. The van der Waals surface area contributed by atoms with Gasteiger partial charge < -0.3 is 10.4 Å². The Bertz CT molecular complexity index is 717. The summed E-state index contributed by atoms with van der Waals surface area (Å²) in [6.07, 6.45) is 7.44. The fraction of sp³-hybridized carbons (Fsp3) is 0.632. The summed E-state index contributed by atoms with van der Waals surface area (Å²) in [5, 5.41) is 22.0. The predicted molar refractivity (Wildman–Crippen MR) is 93.3 cm³/mol. The molecule has 1 heterocycles. The average Bonchev–Trinajstić information content (AvgIpc) is 3.23. The summed E-state index contributed by atoms with van der Waals surface area (Å²) >= 11 is 0. The number of carboxylic acids is 1. The Balaban J connectivity index is 1.37. The Labute approximate surface area is 147 Å². The minimum absolute atomic E-state index is 0.133. The van der Waals surface area contributed by atoms with Crippen molar-refractivity contribution in [3.63, 3.8) is 0 Å². The molecule has 1 aromatic heterocycles. The topological polar surface area (TPSA) is 89.3 Å². The second kappa shape index (κ2) is 6.64. The summed E-state index contributed by atoms with van der Waals surface area (Å²) in [4.78, 5) is 17.9. The SMILES string of the molecule is N#Cc1cc2c(nc1NC1CC(N(CC(=O)O)CC3CC3)C1)CCC2. The molecule has 6 nitrogen and oxygen atoms in total. The first-order valence-electron chi connectivity index (χ1n) is 9.27. The largest absolute Gasteiger partial charge is 0.480 e. The van der Waals surface area contributed by atoms with Gasteiger partial charge in [0.05, 0.1) is 12.1 Å². The van der Waals surface area contributed by atoms with Crippen LogP contribution < -0.4 is 5.32 Å². The molecule has 3 aliphatic rings. The highest BCUT2D eigenvalue weighted by molar-refractivity contribution is 5.69. The van der Waals surface area contributed by atoms with Crippen molar-refractivity contribution in [2.75, 3.05) is 18.4 Å². The molecule has 132 valence electrons. The van der Waals surface area contributed by atoms with Gasteiger partial charge in [-0.25, -0.2) is 4.98 Å². The molecule has 0 saturated heterocycles. The second-order valence-corrected chi connectivity index (χ2v) is 7.69. The number of nitriles is 1. The van der Waals surface area contributed by atoms with Gasteiger partial charge in [0.15, 0.2) is 0 Å². The number of anilines is 1. The van der Waals surface area contributed by atoms with Crippen LogP contribution in [0.2, 0.25) is 0 Å². The number of hydrogen-bond acceptors (Lipinski definition) is 5. The van der Waals surface area contributed by atoms with Crippen molar-refractivity contribution in [2.45, 2.75) is 57.0 Å². The molecule has 0 aliphatic heterocycles. The van der Waals surface area contributed by atoms with Crippen LogP contribution >= 0.6 is 0 Å². The average molecular weight is 340 g/mol. The lowest BCUT2D eigenvalue weighted by Gasteiger charge is -2.43. The van der Waals surface area contributed by atoms with Crippen molar-refractivity contribution < 1.29 is 9.90 Å². The first kappa shape index (κ1) is 16.3. The third-order valence-electron chi connectivity index (χ3n) is 5.67. The number of hydrogen-bond donors (Lipinski definition) is 2. The lowest BCUT2D eigenvalue weighted by molar-refractivity contribution is -0.139. The second-order valence-electron chi connectivity index (χ2n) is 7.69. The summed E-state index contributed by atoms with van der Waals surface area (Å²) in [5.74, 6) is 0.651. The molecule has 1 aromatic rings. The van der Waals surface area contributed by atoms with E-state index in [1.54, 1.807) is 0 Å². The normalized spacial score (nSPS) is 24.5. The van der Waals surface area contributed by atoms with E-state index in [0.29, 0.717) is 23.3 Å². The number of pyridine rings is 1. The third-order valence-corrected chi connectivity index (χ3v) is 5.67. The minimum Gasteiger partial charge on any atom is -0.480 e. The van der Waals surface area contributed by atoms with E-state index < -0.39 is 5.97 Å².